The van der Waals surface area contributed by atoms with E-state index in [1.807, 2.05) is 17.0 Å². The van der Waals surface area contributed by atoms with Crippen molar-refractivity contribution in [3.63, 3.8) is 0 Å². The number of nitrogens with zero attached hydrogens (tertiary/aromatic N) is 3. The second-order valence-corrected chi connectivity index (χ2v) is 9.05. The molecule has 1 aromatic carbocycles. The number of benzene rings is 1. The van der Waals surface area contributed by atoms with Gasteiger partial charge in [0, 0.05) is 50.9 Å². The van der Waals surface area contributed by atoms with Gasteiger partial charge in [0.15, 0.2) is 5.11 Å². The van der Waals surface area contributed by atoms with Crippen LogP contribution in [0.4, 0.5) is 5.69 Å². The van der Waals surface area contributed by atoms with Gasteiger partial charge in [0.25, 0.3) is 0 Å². The van der Waals surface area contributed by atoms with Gasteiger partial charge in [-0.15, -0.1) is 0 Å². The van der Waals surface area contributed by atoms with E-state index < -0.39 is 0 Å². The molecule has 1 saturated carbocycles. The maximum Gasteiger partial charge on any atom is 0.233 e. The molecule has 2 heterocycles. The lowest BCUT2D eigenvalue weighted by Gasteiger charge is -2.44. The molecule has 174 valence electrons. The molecule has 9 heteroatoms. The molecule has 2 amide bonds. The van der Waals surface area contributed by atoms with Crippen molar-refractivity contribution in [3.8, 4) is 5.75 Å². The lowest BCUT2D eigenvalue weighted by Crippen LogP contribution is -2.62. The number of carbonyl (C=O) groups is 2. The molecule has 0 spiro atoms. The highest BCUT2D eigenvalue weighted by Crippen LogP contribution is 2.34. The van der Waals surface area contributed by atoms with Crippen LogP contribution in [0.25, 0.3) is 0 Å². The number of rotatable bonds is 6. The summed E-state index contributed by atoms with van der Waals surface area (Å²) >= 11 is 5.42. The van der Waals surface area contributed by atoms with Crippen molar-refractivity contribution in [1.82, 2.24) is 15.1 Å². The quantitative estimate of drug-likeness (QED) is 0.645. The Balaban J connectivity index is 1.31. The number of ether oxygens (including phenoxy) is 2. The van der Waals surface area contributed by atoms with Gasteiger partial charge < -0.3 is 24.6 Å². The summed E-state index contributed by atoms with van der Waals surface area (Å²) < 4.78 is 10.3. The van der Waals surface area contributed by atoms with Crippen LogP contribution in [0.3, 0.4) is 0 Å². The maximum absolute atomic E-state index is 13.2. The first-order valence-corrected chi connectivity index (χ1v) is 11.7. The molecular formula is C23H32N4O4S. The summed E-state index contributed by atoms with van der Waals surface area (Å²) in [5.41, 5.74) is 1.15. The summed E-state index contributed by atoms with van der Waals surface area (Å²) in [6.07, 6.45) is 2.12. The maximum atomic E-state index is 13.2. The molecule has 32 heavy (non-hydrogen) atoms. The standard InChI is InChI=1S/C23H32N4O4S/c1-30-14-13-27-22(29)19-8-3-16(15-20(19)24-23(27)32)21(28)26-11-9-25(10-12-26)17-4-6-18(31-2)7-5-17/h4-7,16,19-20H,3,8-15H2,1-2H3,(H,24,32). The van der Waals surface area contributed by atoms with Crippen LogP contribution in [0.15, 0.2) is 24.3 Å². The molecule has 8 nitrogen and oxygen atoms in total. The van der Waals surface area contributed by atoms with E-state index in [0.29, 0.717) is 44.2 Å². The Morgan fingerprint density at radius 1 is 1.12 bits per heavy atom. The molecule has 2 aliphatic heterocycles. The molecule has 3 unspecified atom stereocenters. The molecule has 1 N–H and O–H groups in total. The SMILES string of the molecule is COCCN1C(=O)C2CCC(C(=O)N3CCN(c4ccc(OC)cc4)CC3)CC2NC1=S. The van der Waals surface area contributed by atoms with Crippen LogP contribution in [0.1, 0.15) is 19.3 Å². The minimum Gasteiger partial charge on any atom is -0.497 e. The number of carbonyl (C=O) groups excluding carboxylic acids is 2. The van der Waals surface area contributed by atoms with Crippen molar-refractivity contribution < 1.29 is 19.1 Å². The molecule has 0 bridgehead atoms. The third-order valence-electron chi connectivity index (χ3n) is 6.88. The minimum atomic E-state index is -0.116. The normalized spacial score (nSPS) is 25.9. The number of methoxy groups -OCH3 is 2. The van der Waals surface area contributed by atoms with Crippen molar-refractivity contribution in [3.05, 3.63) is 24.3 Å². The second-order valence-electron chi connectivity index (χ2n) is 8.67. The fourth-order valence-corrected chi connectivity index (χ4v) is 5.35. The molecule has 3 aliphatic rings. The van der Waals surface area contributed by atoms with Crippen molar-refractivity contribution in [1.29, 1.82) is 0 Å². The van der Waals surface area contributed by atoms with Crippen LogP contribution >= 0.6 is 12.2 Å². The molecule has 1 aliphatic carbocycles. The molecule has 3 atom stereocenters. The second kappa shape index (κ2) is 10.0. The van der Waals surface area contributed by atoms with E-state index in [1.165, 1.54) is 0 Å². The van der Waals surface area contributed by atoms with Crippen molar-refractivity contribution in [2.24, 2.45) is 11.8 Å². The number of anilines is 1. The predicted molar refractivity (Wildman–Crippen MR) is 126 cm³/mol. The zero-order valence-corrected chi connectivity index (χ0v) is 19.6. The minimum absolute atomic E-state index is 0.0580. The topological polar surface area (TPSA) is 74.4 Å². The van der Waals surface area contributed by atoms with Crippen LogP contribution in [0, 0.1) is 11.8 Å². The first-order chi connectivity index (χ1) is 15.5. The number of hydrogen-bond donors (Lipinski definition) is 1. The fourth-order valence-electron chi connectivity index (χ4n) is 5.02. The molecular weight excluding hydrogens is 428 g/mol. The summed E-state index contributed by atoms with van der Waals surface area (Å²) in [6.45, 7) is 3.97. The van der Waals surface area contributed by atoms with E-state index in [4.69, 9.17) is 21.7 Å². The average Bonchev–Trinajstić information content (AvgIpc) is 2.83. The highest BCUT2D eigenvalue weighted by Gasteiger charge is 2.44. The number of fused-ring (bicyclic) bond motifs is 1. The van der Waals surface area contributed by atoms with Gasteiger partial charge in [-0.3, -0.25) is 14.5 Å². The lowest BCUT2D eigenvalue weighted by molar-refractivity contribution is -0.142. The molecule has 4 rings (SSSR count). The Morgan fingerprint density at radius 3 is 2.50 bits per heavy atom. The van der Waals surface area contributed by atoms with E-state index in [9.17, 15) is 9.59 Å². The van der Waals surface area contributed by atoms with Crippen LogP contribution in [0.2, 0.25) is 0 Å². The van der Waals surface area contributed by atoms with Crippen molar-refractivity contribution in [2.45, 2.75) is 25.3 Å². The third-order valence-corrected chi connectivity index (χ3v) is 7.22. The van der Waals surface area contributed by atoms with Gasteiger partial charge in [-0.1, -0.05) is 0 Å². The van der Waals surface area contributed by atoms with Gasteiger partial charge in [0.2, 0.25) is 11.8 Å². The van der Waals surface area contributed by atoms with Crippen molar-refractivity contribution in [2.75, 3.05) is 58.5 Å². The summed E-state index contributed by atoms with van der Waals surface area (Å²) in [6, 6.07) is 7.98. The van der Waals surface area contributed by atoms with E-state index in [-0.39, 0.29) is 29.7 Å². The third kappa shape index (κ3) is 4.68. The first kappa shape index (κ1) is 22.8. The van der Waals surface area contributed by atoms with E-state index in [2.05, 4.69) is 22.3 Å². The Hall–Kier alpha value is -2.39. The first-order valence-electron chi connectivity index (χ1n) is 11.3. The fraction of sp³-hybridized carbons (Fsp3) is 0.609. The van der Waals surface area contributed by atoms with Crippen molar-refractivity contribution >= 4 is 34.8 Å². The number of thiocarbonyl (C=S) groups is 1. The average molecular weight is 461 g/mol. The largest absolute Gasteiger partial charge is 0.497 e. The lowest BCUT2D eigenvalue weighted by atomic mass is 9.76. The molecule has 0 aromatic heterocycles. The Labute approximate surface area is 194 Å². The van der Waals surface area contributed by atoms with Gasteiger partial charge in [-0.25, -0.2) is 0 Å². The summed E-state index contributed by atoms with van der Waals surface area (Å²) in [5.74, 6) is 0.941. The Bertz CT molecular complexity index is 841. The highest BCUT2D eigenvalue weighted by molar-refractivity contribution is 7.80. The number of hydrogen-bond acceptors (Lipinski definition) is 6. The predicted octanol–water partition coefficient (Wildman–Crippen LogP) is 1.49. The number of piperazine rings is 1. The van der Waals surface area contributed by atoms with Gasteiger partial charge in [-0.2, -0.15) is 0 Å². The number of amides is 2. The molecule has 1 aromatic rings. The summed E-state index contributed by atoms with van der Waals surface area (Å²) in [5, 5.41) is 3.78. The smallest absolute Gasteiger partial charge is 0.233 e. The van der Waals surface area contributed by atoms with Crippen LogP contribution in [-0.2, 0) is 14.3 Å². The van der Waals surface area contributed by atoms with Crippen LogP contribution in [0.5, 0.6) is 5.75 Å². The van der Waals surface area contributed by atoms with E-state index in [0.717, 1.165) is 30.9 Å². The molecule has 2 saturated heterocycles. The zero-order valence-electron chi connectivity index (χ0n) is 18.8. The van der Waals surface area contributed by atoms with Gasteiger partial charge >= 0.3 is 0 Å². The van der Waals surface area contributed by atoms with E-state index >= 15 is 0 Å². The highest BCUT2D eigenvalue weighted by atomic mass is 32.1. The number of nitrogens with one attached hydrogen (secondary N) is 1. The summed E-state index contributed by atoms with van der Waals surface area (Å²) in [7, 11) is 3.28. The van der Waals surface area contributed by atoms with Gasteiger partial charge in [0.1, 0.15) is 5.75 Å². The molecule has 3 fully saturated rings. The van der Waals surface area contributed by atoms with E-state index in [1.54, 1.807) is 19.1 Å². The monoisotopic (exact) mass is 460 g/mol. The summed E-state index contributed by atoms with van der Waals surface area (Å²) in [4.78, 5) is 32.0. The molecule has 0 radical (unpaired) electrons. The Morgan fingerprint density at radius 2 is 1.84 bits per heavy atom. The van der Waals surface area contributed by atoms with Gasteiger partial charge in [0.05, 0.1) is 26.2 Å². The Kier molecular flexibility index (Phi) is 7.15. The zero-order chi connectivity index (χ0) is 22.7. The van der Waals surface area contributed by atoms with Gasteiger partial charge in [-0.05, 0) is 55.7 Å². The van der Waals surface area contributed by atoms with Crippen LogP contribution in [-0.4, -0.2) is 86.3 Å². The van der Waals surface area contributed by atoms with Crippen LogP contribution < -0.4 is 15.0 Å².